The van der Waals surface area contributed by atoms with Crippen LogP contribution in [0.4, 0.5) is 0 Å². The van der Waals surface area contributed by atoms with Gasteiger partial charge in [0.25, 0.3) is 5.91 Å². The topological polar surface area (TPSA) is 67.4 Å². The third-order valence-corrected chi connectivity index (χ3v) is 4.69. The molecule has 0 heterocycles. The Bertz CT molecular complexity index is 919. The lowest BCUT2D eigenvalue weighted by Crippen LogP contribution is -2.44. The molecule has 0 aliphatic carbocycles. The average Bonchev–Trinajstić information content (AvgIpc) is 2.79. The molecule has 5 nitrogen and oxygen atoms in total. The van der Waals surface area contributed by atoms with Gasteiger partial charge in [-0.3, -0.25) is 20.4 Å². The Morgan fingerprint density at radius 3 is 2.07 bits per heavy atom. The van der Waals surface area contributed by atoms with Crippen molar-refractivity contribution in [2.45, 2.75) is 25.7 Å². The summed E-state index contributed by atoms with van der Waals surface area (Å²) in [6.45, 7) is 2.70. The van der Waals surface area contributed by atoms with E-state index in [1.54, 1.807) is 18.2 Å². The zero-order chi connectivity index (χ0) is 21.2. The summed E-state index contributed by atoms with van der Waals surface area (Å²) in [5.74, 6) is -0.606. The molecule has 3 aromatic rings. The summed E-state index contributed by atoms with van der Waals surface area (Å²) in [4.78, 5) is 25.5. The Morgan fingerprint density at radius 1 is 0.833 bits per heavy atom. The molecule has 0 radical (unpaired) electrons. The van der Waals surface area contributed by atoms with Crippen LogP contribution in [-0.2, 0) is 4.79 Å². The van der Waals surface area contributed by atoms with E-state index in [0.29, 0.717) is 17.9 Å². The van der Waals surface area contributed by atoms with Crippen LogP contribution in [-0.4, -0.2) is 18.4 Å². The van der Waals surface area contributed by atoms with Crippen molar-refractivity contribution in [3.8, 4) is 5.75 Å². The van der Waals surface area contributed by atoms with Crippen molar-refractivity contribution in [2.24, 2.45) is 0 Å². The lowest BCUT2D eigenvalue weighted by atomic mass is 9.91. The second-order valence-electron chi connectivity index (χ2n) is 6.93. The normalized spacial score (nSPS) is 10.5. The van der Waals surface area contributed by atoms with Crippen molar-refractivity contribution in [1.29, 1.82) is 0 Å². The van der Waals surface area contributed by atoms with Crippen LogP contribution in [0.5, 0.6) is 5.75 Å². The molecule has 0 atom stereocenters. The number of benzene rings is 3. The standard InChI is InChI=1S/C25H26N2O3/c1-2-3-17-30-22-16-10-15-21(18-22)24(28)26-27-25(29)23(19-11-6-4-7-12-19)20-13-8-5-9-14-20/h4-16,18,23H,2-3,17H2,1H3,(H,26,28)(H,27,29). The zero-order valence-electron chi connectivity index (χ0n) is 17.0. The summed E-state index contributed by atoms with van der Waals surface area (Å²) in [7, 11) is 0. The minimum absolute atomic E-state index is 0.309. The van der Waals surface area contributed by atoms with Crippen molar-refractivity contribution in [1.82, 2.24) is 10.9 Å². The van der Waals surface area contributed by atoms with E-state index in [9.17, 15) is 9.59 Å². The van der Waals surface area contributed by atoms with E-state index >= 15 is 0 Å². The summed E-state index contributed by atoms with van der Waals surface area (Å²) >= 11 is 0. The number of nitrogens with one attached hydrogen (secondary N) is 2. The minimum atomic E-state index is -0.531. The molecule has 30 heavy (non-hydrogen) atoms. The summed E-state index contributed by atoms with van der Waals surface area (Å²) in [5.41, 5.74) is 7.20. The lowest BCUT2D eigenvalue weighted by Gasteiger charge is -2.18. The van der Waals surface area contributed by atoms with Crippen LogP contribution < -0.4 is 15.6 Å². The van der Waals surface area contributed by atoms with Gasteiger partial charge in [0.2, 0.25) is 5.91 Å². The Balaban J connectivity index is 1.68. The fraction of sp³-hybridized carbons (Fsp3) is 0.200. The van der Waals surface area contributed by atoms with E-state index in [4.69, 9.17) is 4.74 Å². The molecule has 0 aliphatic heterocycles. The number of hydrogen-bond acceptors (Lipinski definition) is 3. The number of carbonyl (C=O) groups is 2. The van der Waals surface area contributed by atoms with Crippen LogP contribution in [0.1, 0.15) is 47.2 Å². The van der Waals surface area contributed by atoms with Gasteiger partial charge in [-0.05, 0) is 35.7 Å². The van der Waals surface area contributed by atoms with E-state index in [2.05, 4.69) is 17.8 Å². The predicted octanol–water partition coefficient (Wildman–Crippen LogP) is 4.46. The van der Waals surface area contributed by atoms with E-state index in [1.807, 2.05) is 66.7 Å². The Labute approximate surface area is 177 Å². The first-order valence-corrected chi connectivity index (χ1v) is 10.1. The monoisotopic (exact) mass is 402 g/mol. The summed E-state index contributed by atoms with van der Waals surface area (Å²) < 4.78 is 5.65. The largest absolute Gasteiger partial charge is 0.494 e. The number of carbonyl (C=O) groups excluding carboxylic acids is 2. The van der Waals surface area contributed by atoms with Crippen molar-refractivity contribution in [2.75, 3.05) is 6.61 Å². The third-order valence-electron chi connectivity index (χ3n) is 4.69. The Kier molecular flexibility index (Phi) is 7.61. The van der Waals surface area contributed by atoms with Gasteiger partial charge >= 0.3 is 0 Å². The molecule has 0 aromatic heterocycles. The predicted molar refractivity (Wildman–Crippen MR) is 117 cm³/mol. The molecule has 3 aromatic carbocycles. The highest BCUT2D eigenvalue weighted by molar-refractivity contribution is 5.96. The molecule has 3 rings (SSSR count). The minimum Gasteiger partial charge on any atom is -0.494 e. The van der Waals surface area contributed by atoms with Gasteiger partial charge < -0.3 is 4.74 Å². The van der Waals surface area contributed by atoms with Gasteiger partial charge in [-0.1, -0.05) is 80.1 Å². The summed E-state index contributed by atoms with van der Waals surface area (Å²) in [5, 5.41) is 0. The number of unbranched alkanes of at least 4 members (excludes halogenated alkanes) is 1. The quantitative estimate of drug-likeness (QED) is 0.432. The Morgan fingerprint density at radius 2 is 1.47 bits per heavy atom. The van der Waals surface area contributed by atoms with E-state index in [0.717, 1.165) is 24.0 Å². The highest BCUT2D eigenvalue weighted by atomic mass is 16.5. The smallest absolute Gasteiger partial charge is 0.269 e. The van der Waals surface area contributed by atoms with E-state index in [-0.39, 0.29) is 5.91 Å². The first-order valence-electron chi connectivity index (χ1n) is 10.1. The van der Waals surface area contributed by atoms with Crippen molar-refractivity contribution in [3.63, 3.8) is 0 Å². The number of ether oxygens (including phenoxy) is 1. The SMILES string of the molecule is CCCCOc1cccc(C(=O)NNC(=O)C(c2ccccc2)c2ccccc2)c1. The van der Waals surface area contributed by atoms with Gasteiger partial charge in [-0.2, -0.15) is 0 Å². The van der Waals surface area contributed by atoms with Gasteiger partial charge in [0.1, 0.15) is 5.75 Å². The average molecular weight is 402 g/mol. The molecule has 5 heteroatoms. The second-order valence-corrected chi connectivity index (χ2v) is 6.93. The van der Waals surface area contributed by atoms with E-state index in [1.165, 1.54) is 0 Å². The first kappa shape index (κ1) is 21.1. The van der Waals surface area contributed by atoms with Crippen LogP contribution in [0, 0.1) is 0 Å². The molecule has 0 aliphatic rings. The molecule has 0 fully saturated rings. The maximum absolute atomic E-state index is 13.0. The zero-order valence-corrected chi connectivity index (χ0v) is 17.0. The van der Waals surface area contributed by atoms with Gasteiger partial charge in [0.15, 0.2) is 0 Å². The van der Waals surface area contributed by atoms with Crippen LogP contribution >= 0.6 is 0 Å². The molecule has 2 N–H and O–H groups in total. The fourth-order valence-corrected chi connectivity index (χ4v) is 3.11. The molecule has 0 saturated heterocycles. The first-order chi connectivity index (χ1) is 14.7. The lowest BCUT2D eigenvalue weighted by molar-refractivity contribution is -0.122. The molecule has 0 bridgehead atoms. The molecular formula is C25H26N2O3. The van der Waals surface area contributed by atoms with Crippen LogP contribution in [0.3, 0.4) is 0 Å². The van der Waals surface area contributed by atoms with Crippen LogP contribution in [0.2, 0.25) is 0 Å². The molecule has 2 amide bonds. The van der Waals surface area contributed by atoms with Crippen molar-refractivity contribution >= 4 is 11.8 Å². The molecule has 0 spiro atoms. The van der Waals surface area contributed by atoms with Gasteiger partial charge in [0, 0.05) is 5.56 Å². The summed E-state index contributed by atoms with van der Waals surface area (Å²) in [6.07, 6.45) is 1.99. The molecule has 154 valence electrons. The van der Waals surface area contributed by atoms with Gasteiger partial charge in [-0.15, -0.1) is 0 Å². The number of rotatable bonds is 8. The third kappa shape index (κ3) is 5.70. The highest BCUT2D eigenvalue weighted by Crippen LogP contribution is 2.24. The fourth-order valence-electron chi connectivity index (χ4n) is 3.11. The van der Waals surface area contributed by atoms with Crippen molar-refractivity contribution < 1.29 is 14.3 Å². The second kappa shape index (κ2) is 10.8. The van der Waals surface area contributed by atoms with E-state index < -0.39 is 11.8 Å². The number of hydrogen-bond donors (Lipinski definition) is 2. The Hall–Kier alpha value is -3.60. The van der Waals surface area contributed by atoms with Crippen LogP contribution in [0.25, 0.3) is 0 Å². The molecule has 0 saturated carbocycles. The van der Waals surface area contributed by atoms with Crippen molar-refractivity contribution in [3.05, 3.63) is 102 Å². The maximum atomic E-state index is 13.0. The number of amides is 2. The van der Waals surface area contributed by atoms with Crippen LogP contribution in [0.15, 0.2) is 84.9 Å². The summed E-state index contributed by atoms with van der Waals surface area (Å²) in [6, 6.07) is 25.9. The van der Waals surface area contributed by atoms with Gasteiger partial charge in [0.05, 0.1) is 12.5 Å². The maximum Gasteiger partial charge on any atom is 0.269 e. The highest BCUT2D eigenvalue weighted by Gasteiger charge is 2.23. The molecular weight excluding hydrogens is 376 g/mol. The number of hydrazine groups is 1. The van der Waals surface area contributed by atoms with Gasteiger partial charge in [-0.25, -0.2) is 0 Å². The molecule has 0 unspecified atom stereocenters.